The van der Waals surface area contributed by atoms with Gasteiger partial charge in [-0.05, 0) is 117 Å². The molecule has 5 aliphatic rings. The second kappa shape index (κ2) is 24.3. The normalized spacial score (nSPS) is 21.4. The molecular weight excluding hydrogens is 1090 g/mol. The number of halogens is 2. The SMILES string of the molecule is C#Cc1c(F)ccc2cc(O)cc(-c3ncc4c(N5CC6CCC(C5)N6)nc(OCCN5CCC(CC6CCN(c7cc([C@@H](C(=O)N8C[C@H](O)C[C@H]8C(=O)N[C@@H](CO)c8ccc(-c9scnc9C)cc8)C(C)C)on7)CC6)CC5)nc4c3F)c12. The van der Waals surface area contributed by atoms with Crippen molar-refractivity contribution in [3.8, 4) is 45.8 Å². The first-order valence-electron chi connectivity index (χ1n) is 29.5. The van der Waals surface area contributed by atoms with Gasteiger partial charge in [-0.2, -0.15) is 9.97 Å². The lowest BCUT2D eigenvalue weighted by Gasteiger charge is -2.36. The standard InChI is InChI=1S/C63H71F2N11O7S/c1-5-46-49(64)13-10-41-25-44(78)26-47(55(41)46)57-56(65)58-48(29-66-57)60(75-30-42-11-12-43(31-75)68-42)71-63(70-58)82-23-22-73-18-14-37(15-19-73)24-38-16-20-74(21-17-38)53-28-52(83-72-53)54(35(2)3)62(81)76-32-45(79)27-51(76)61(80)69-50(33-77)39-6-8-40(9-7-39)59-36(4)67-34-84-59/h1,6-10,13,25-26,28-29,34-35,37-38,42-43,45,50-51,54,68,77-79H,11-12,14-24,27,30-33H2,2-4H3,(H,69,80)/t42?,43?,45-,50+,51+,54+/m1/s1. The first-order valence-corrected chi connectivity index (χ1v) is 30.3. The number of phenols is 1. The summed E-state index contributed by atoms with van der Waals surface area (Å²) >= 11 is 1.55. The Bertz CT molecular complexity index is 3590. The van der Waals surface area contributed by atoms with Crippen LogP contribution >= 0.6 is 11.3 Å². The van der Waals surface area contributed by atoms with Crippen LogP contribution in [-0.4, -0.2) is 152 Å². The van der Waals surface area contributed by atoms with Crippen molar-refractivity contribution in [1.82, 2.24) is 45.5 Å². The minimum absolute atomic E-state index is 0.00336. The van der Waals surface area contributed by atoms with Crippen LogP contribution in [0.2, 0.25) is 0 Å². The number of anilines is 2. The number of hydrogen-bond donors (Lipinski definition) is 5. The van der Waals surface area contributed by atoms with E-state index in [2.05, 4.69) is 51.4 Å². The Morgan fingerprint density at radius 1 is 0.940 bits per heavy atom. The van der Waals surface area contributed by atoms with Gasteiger partial charge >= 0.3 is 6.01 Å². The third-order valence-electron chi connectivity index (χ3n) is 18.0. The van der Waals surface area contributed by atoms with Crippen molar-refractivity contribution in [1.29, 1.82) is 0 Å². The maximum absolute atomic E-state index is 17.1. The van der Waals surface area contributed by atoms with Crippen LogP contribution in [-0.2, 0) is 9.59 Å². The largest absolute Gasteiger partial charge is 0.508 e. The van der Waals surface area contributed by atoms with Gasteiger partial charge in [0.1, 0.15) is 47.2 Å². The van der Waals surface area contributed by atoms with Crippen LogP contribution in [0.3, 0.4) is 0 Å². The molecule has 4 aromatic heterocycles. The Hall–Kier alpha value is -7.35. The van der Waals surface area contributed by atoms with Gasteiger partial charge in [-0.3, -0.25) is 19.5 Å². The number of rotatable bonds is 17. The minimum Gasteiger partial charge on any atom is -0.508 e. The van der Waals surface area contributed by atoms with E-state index in [0.717, 1.165) is 92.8 Å². The van der Waals surface area contributed by atoms with Crippen LogP contribution in [0.4, 0.5) is 20.4 Å². The lowest BCUT2D eigenvalue weighted by molar-refractivity contribution is -0.141. The molecule has 5 saturated heterocycles. The Kier molecular flexibility index (Phi) is 16.5. The van der Waals surface area contributed by atoms with E-state index in [1.165, 1.54) is 29.2 Å². The number of thiazole rings is 1. The van der Waals surface area contributed by atoms with Crippen molar-refractivity contribution in [3.63, 3.8) is 0 Å². The third kappa shape index (κ3) is 11.6. The molecule has 84 heavy (non-hydrogen) atoms. The van der Waals surface area contributed by atoms with Crippen molar-refractivity contribution < 1.29 is 42.9 Å². The monoisotopic (exact) mass is 1160 g/mol. The number of ether oxygens (including phenoxy) is 1. The Balaban J connectivity index is 0.640. The average molecular weight is 1160 g/mol. The Morgan fingerprint density at radius 3 is 2.37 bits per heavy atom. The smallest absolute Gasteiger partial charge is 0.319 e. The Morgan fingerprint density at radius 2 is 1.68 bits per heavy atom. The van der Waals surface area contributed by atoms with Crippen molar-refractivity contribution in [2.45, 2.75) is 108 Å². The summed E-state index contributed by atoms with van der Waals surface area (Å²) in [6.07, 6.45) is 13.9. The number of fused-ring (bicyclic) bond motifs is 4. The quantitative estimate of drug-likeness (QED) is 0.0544. The number of phenolic OH excluding ortho intramolecular Hbond substituents is 1. The summed E-state index contributed by atoms with van der Waals surface area (Å²) in [6, 6.07) is 14.0. The van der Waals surface area contributed by atoms with Crippen molar-refractivity contribution in [3.05, 3.63) is 101 Å². The van der Waals surface area contributed by atoms with Gasteiger partial charge in [0, 0.05) is 81.0 Å². The maximum Gasteiger partial charge on any atom is 0.319 e. The Labute approximate surface area is 490 Å². The van der Waals surface area contributed by atoms with Crippen LogP contribution in [0.15, 0.2) is 70.8 Å². The molecule has 440 valence electrons. The van der Waals surface area contributed by atoms with Gasteiger partial charge < -0.3 is 49.9 Å². The number of pyridine rings is 1. The summed E-state index contributed by atoms with van der Waals surface area (Å²) in [5.74, 6) is 1.98. The van der Waals surface area contributed by atoms with Crippen LogP contribution in [0.25, 0.3) is 43.4 Å². The number of nitrogens with zero attached hydrogens (tertiary/aromatic N) is 9. The number of terminal acetylenes is 1. The number of nitrogens with one attached hydrogen (secondary N) is 2. The number of aryl methyl sites for hydroxylation is 1. The van der Waals surface area contributed by atoms with E-state index in [1.54, 1.807) is 23.0 Å². The number of carbonyl (C=O) groups excluding carboxylic acids is 2. The van der Waals surface area contributed by atoms with Gasteiger partial charge in [0.05, 0.1) is 45.8 Å². The fourth-order valence-electron chi connectivity index (χ4n) is 13.6. The van der Waals surface area contributed by atoms with Gasteiger partial charge in [0.2, 0.25) is 11.8 Å². The van der Waals surface area contributed by atoms with Crippen molar-refractivity contribution >= 4 is 56.5 Å². The molecule has 2 unspecified atom stereocenters. The minimum atomic E-state index is -0.933. The number of amides is 2. The fourth-order valence-corrected chi connectivity index (χ4v) is 14.4. The zero-order chi connectivity index (χ0) is 58.3. The van der Waals surface area contributed by atoms with Crippen LogP contribution < -0.4 is 25.2 Å². The topological polar surface area (TPSA) is 219 Å². The summed E-state index contributed by atoms with van der Waals surface area (Å²) in [6.45, 7) is 11.3. The summed E-state index contributed by atoms with van der Waals surface area (Å²) in [5, 5.41) is 44.1. The number of hydrogen-bond acceptors (Lipinski definition) is 17. The van der Waals surface area contributed by atoms with Crippen LogP contribution in [0.1, 0.15) is 99.8 Å². The van der Waals surface area contributed by atoms with E-state index < -0.39 is 41.6 Å². The number of aliphatic hydroxyl groups excluding tert-OH is 2. The van der Waals surface area contributed by atoms with E-state index in [9.17, 15) is 24.9 Å². The van der Waals surface area contributed by atoms with E-state index in [4.69, 9.17) is 20.7 Å². The molecule has 7 aromatic rings. The summed E-state index contributed by atoms with van der Waals surface area (Å²) in [4.78, 5) is 56.1. The average Bonchev–Trinajstić information content (AvgIpc) is 4.30. The molecule has 0 spiro atoms. The zero-order valence-corrected chi connectivity index (χ0v) is 48.3. The number of likely N-dealkylation sites (tertiary alicyclic amines) is 2. The van der Waals surface area contributed by atoms with Crippen LogP contribution in [0, 0.1) is 48.7 Å². The molecule has 5 aliphatic heterocycles. The number of piperidine rings is 2. The number of carbonyl (C=O) groups is 2. The number of β-amino-alcohol motifs (C(OH)–C–C–N with tert-alkyl or cyclic N) is 1. The molecule has 9 heterocycles. The molecule has 6 atom stereocenters. The number of benzene rings is 3. The molecule has 0 radical (unpaired) electrons. The first-order chi connectivity index (χ1) is 40.7. The van der Waals surface area contributed by atoms with E-state index in [0.29, 0.717) is 66.2 Å². The number of aromatic nitrogens is 5. The molecule has 5 N–H and O–H groups in total. The third-order valence-corrected chi connectivity index (χ3v) is 19.0. The molecule has 0 aliphatic carbocycles. The number of piperazine rings is 1. The highest BCUT2D eigenvalue weighted by Crippen LogP contribution is 2.41. The van der Waals surface area contributed by atoms with E-state index in [1.807, 2.05) is 51.1 Å². The summed E-state index contributed by atoms with van der Waals surface area (Å²) in [5.41, 5.74) is 4.43. The molecule has 3 aromatic carbocycles. The highest BCUT2D eigenvalue weighted by atomic mass is 32.1. The summed E-state index contributed by atoms with van der Waals surface area (Å²) < 4.78 is 44.4. The second-order valence-electron chi connectivity index (χ2n) is 23.9. The highest BCUT2D eigenvalue weighted by molar-refractivity contribution is 7.13. The lowest BCUT2D eigenvalue weighted by atomic mass is 9.83. The molecule has 0 saturated carbocycles. The molecule has 2 bridgehead atoms. The lowest BCUT2D eigenvalue weighted by Crippen LogP contribution is -2.51. The number of aromatic hydroxyl groups is 1. The zero-order valence-electron chi connectivity index (χ0n) is 47.5. The molecule has 21 heteroatoms. The molecule has 18 nitrogen and oxygen atoms in total. The molecule has 12 rings (SSSR count). The molecule has 5 fully saturated rings. The second-order valence-corrected chi connectivity index (χ2v) is 24.7. The summed E-state index contributed by atoms with van der Waals surface area (Å²) in [7, 11) is 0. The fraction of sp³-hybridized carbons (Fsp3) is 0.476. The highest BCUT2D eigenvalue weighted by Gasteiger charge is 2.44. The predicted molar refractivity (Wildman–Crippen MR) is 317 cm³/mol. The van der Waals surface area contributed by atoms with Gasteiger partial charge in [0.25, 0.3) is 0 Å². The van der Waals surface area contributed by atoms with E-state index >= 15 is 8.78 Å². The maximum atomic E-state index is 17.1. The van der Waals surface area contributed by atoms with Crippen molar-refractivity contribution in [2.75, 3.05) is 75.4 Å². The van der Waals surface area contributed by atoms with Crippen LogP contribution in [0.5, 0.6) is 11.8 Å². The number of aliphatic hydroxyl groups is 2. The first kappa shape index (κ1) is 57.1. The van der Waals surface area contributed by atoms with Gasteiger partial charge in [-0.15, -0.1) is 17.8 Å². The van der Waals surface area contributed by atoms with Gasteiger partial charge in [-0.25, -0.2) is 13.8 Å². The van der Waals surface area contributed by atoms with Gasteiger partial charge in [-0.1, -0.05) is 55.3 Å². The molecular formula is C63H71F2N11O7S. The van der Waals surface area contributed by atoms with Gasteiger partial charge in [0.15, 0.2) is 17.4 Å². The predicted octanol–water partition coefficient (Wildman–Crippen LogP) is 8.12. The molecule has 2 amide bonds. The van der Waals surface area contributed by atoms with E-state index in [-0.39, 0.29) is 83.0 Å². The van der Waals surface area contributed by atoms with Crippen molar-refractivity contribution in [2.24, 2.45) is 17.8 Å².